The van der Waals surface area contributed by atoms with Crippen LogP contribution < -0.4 is 9.47 Å². The summed E-state index contributed by atoms with van der Waals surface area (Å²) in [5.74, 6) is 0.242. The van der Waals surface area contributed by atoms with Gasteiger partial charge in [-0.25, -0.2) is 0 Å². The molecular formula is C19H20F2N2O4. The molecule has 1 saturated carbocycles. The maximum absolute atomic E-state index is 12.6. The molecule has 0 radical (unpaired) electrons. The number of nitro groups is 1. The topological polar surface area (TPSA) is 64.8 Å². The first-order chi connectivity index (χ1) is 13.0. The van der Waals surface area contributed by atoms with Crippen LogP contribution in [0.1, 0.15) is 24.0 Å². The van der Waals surface area contributed by atoms with Gasteiger partial charge in [0.25, 0.3) is 5.69 Å². The second kappa shape index (κ2) is 8.30. The standard InChI is InChI=1S/C19H20F2N2O4/c1-26-17-8-5-14(10-18(17)27-19(20)21)12-22(15-6-7-15)11-13-3-2-4-16(9-13)23(24)25/h2-5,8-10,15,19H,6-7,11-12H2,1H3. The van der Waals surface area contributed by atoms with Crippen molar-refractivity contribution in [3.63, 3.8) is 0 Å². The molecule has 1 aliphatic rings. The third-order valence-electron chi connectivity index (χ3n) is 4.40. The molecule has 0 aliphatic heterocycles. The van der Waals surface area contributed by atoms with E-state index < -0.39 is 11.5 Å². The van der Waals surface area contributed by atoms with Crippen molar-refractivity contribution in [2.75, 3.05) is 7.11 Å². The SMILES string of the molecule is COc1ccc(CN(Cc2cccc([N+](=O)[O-])c2)C2CC2)cc1OC(F)F. The molecule has 144 valence electrons. The van der Waals surface area contributed by atoms with E-state index >= 15 is 0 Å². The van der Waals surface area contributed by atoms with Gasteiger partial charge in [0.05, 0.1) is 12.0 Å². The van der Waals surface area contributed by atoms with Gasteiger partial charge in [-0.2, -0.15) is 8.78 Å². The van der Waals surface area contributed by atoms with Gasteiger partial charge in [0.15, 0.2) is 11.5 Å². The van der Waals surface area contributed by atoms with Crippen molar-refractivity contribution in [2.45, 2.75) is 38.6 Å². The summed E-state index contributed by atoms with van der Waals surface area (Å²) in [6.07, 6.45) is 2.09. The zero-order valence-electron chi connectivity index (χ0n) is 14.8. The van der Waals surface area contributed by atoms with Gasteiger partial charge in [0.2, 0.25) is 0 Å². The summed E-state index contributed by atoms with van der Waals surface area (Å²) in [5.41, 5.74) is 1.71. The predicted octanol–water partition coefficient (Wildman–Crippen LogP) is 4.37. The second-order valence-electron chi connectivity index (χ2n) is 6.43. The summed E-state index contributed by atoms with van der Waals surface area (Å²) < 4.78 is 34.8. The predicted molar refractivity (Wildman–Crippen MR) is 95.0 cm³/mol. The average Bonchev–Trinajstić information content (AvgIpc) is 3.46. The van der Waals surface area contributed by atoms with E-state index in [1.54, 1.807) is 30.3 Å². The normalized spacial score (nSPS) is 13.8. The molecule has 0 spiro atoms. The molecule has 0 heterocycles. The molecule has 0 aromatic heterocycles. The number of nitro benzene ring substituents is 1. The molecule has 6 nitrogen and oxygen atoms in total. The van der Waals surface area contributed by atoms with Gasteiger partial charge >= 0.3 is 6.61 Å². The molecule has 0 amide bonds. The third-order valence-corrected chi connectivity index (χ3v) is 4.40. The van der Waals surface area contributed by atoms with Gasteiger partial charge in [-0.1, -0.05) is 18.2 Å². The van der Waals surface area contributed by atoms with Crippen LogP contribution in [-0.2, 0) is 13.1 Å². The summed E-state index contributed by atoms with van der Waals surface area (Å²) >= 11 is 0. The lowest BCUT2D eigenvalue weighted by atomic mass is 10.1. The largest absolute Gasteiger partial charge is 0.493 e. The smallest absolute Gasteiger partial charge is 0.387 e. The van der Waals surface area contributed by atoms with Gasteiger partial charge in [-0.15, -0.1) is 0 Å². The van der Waals surface area contributed by atoms with Crippen molar-refractivity contribution in [1.29, 1.82) is 0 Å². The van der Waals surface area contributed by atoms with Crippen LogP contribution in [0.5, 0.6) is 11.5 Å². The van der Waals surface area contributed by atoms with E-state index in [1.165, 1.54) is 13.2 Å². The lowest BCUT2D eigenvalue weighted by Crippen LogP contribution is -2.25. The number of nitrogens with zero attached hydrogens (tertiary/aromatic N) is 2. The van der Waals surface area contributed by atoms with Crippen molar-refractivity contribution >= 4 is 5.69 Å². The number of alkyl halides is 2. The minimum absolute atomic E-state index is 0.00361. The van der Waals surface area contributed by atoms with Crippen LogP contribution in [0.15, 0.2) is 42.5 Å². The van der Waals surface area contributed by atoms with Crippen LogP contribution in [0.4, 0.5) is 14.5 Å². The van der Waals surface area contributed by atoms with Crippen LogP contribution in [0.3, 0.4) is 0 Å². The fraction of sp³-hybridized carbons (Fsp3) is 0.368. The number of rotatable bonds is 9. The van der Waals surface area contributed by atoms with Gasteiger partial charge in [-0.05, 0) is 36.1 Å². The van der Waals surface area contributed by atoms with Gasteiger partial charge in [-0.3, -0.25) is 15.0 Å². The Kier molecular flexibility index (Phi) is 5.85. The quantitative estimate of drug-likeness (QED) is 0.479. The fourth-order valence-electron chi connectivity index (χ4n) is 3.00. The third kappa shape index (κ3) is 5.13. The maximum Gasteiger partial charge on any atom is 0.387 e. The summed E-state index contributed by atoms with van der Waals surface area (Å²) in [7, 11) is 1.39. The number of non-ortho nitro benzene ring substituents is 1. The van der Waals surface area contributed by atoms with E-state index in [0.717, 1.165) is 24.0 Å². The van der Waals surface area contributed by atoms with Crippen LogP contribution >= 0.6 is 0 Å². The molecule has 0 N–H and O–H groups in total. The van der Waals surface area contributed by atoms with Crippen LogP contribution in [-0.4, -0.2) is 29.6 Å². The number of hydrogen-bond donors (Lipinski definition) is 0. The van der Waals surface area contributed by atoms with E-state index in [2.05, 4.69) is 9.64 Å². The lowest BCUT2D eigenvalue weighted by Gasteiger charge is -2.23. The number of hydrogen-bond acceptors (Lipinski definition) is 5. The monoisotopic (exact) mass is 378 g/mol. The first-order valence-corrected chi connectivity index (χ1v) is 8.55. The molecule has 0 bridgehead atoms. The highest BCUT2D eigenvalue weighted by molar-refractivity contribution is 5.43. The highest BCUT2D eigenvalue weighted by atomic mass is 19.3. The van der Waals surface area contributed by atoms with Crippen LogP contribution in [0, 0.1) is 10.1 Å². The highest BCUT2D eigenvalue weighted by Crippen LogP contribution is 2.33. The van der Waals surface area contributed by atoms with E-state index in [4.69, 9.17) is 4.74 Å². The summed E-state index contributed by atoms with van der Waals surface area (Å²) in [6, 6.07) is 11.9. The van der Waals surface area contributed by atoms with Crippen molar-refractivity contribution in [3.05, 3.63) is 63.7 Å². The van der Waals surface area contributed by atoms with E-state index in [9.17, 15) is 18.9 Å². The Morgan fingerprint density at radius 2 is 1.85 bits per heavy atom. The number of ether oxygens (including phenoxy) is 2. The van der Waals surface area contributed by atoms with Crippen molar-refractivity contribution in [1.82, 2.24) is 4.90 Å². The fourth-order valence-corrected chi connectivity index (χ4v) is 3.00. The molecule has 0 saturated heterocycles. The number of methoxy groups -OCH3 is 1. The Hall–Kier alpha value is -2.74. The summed E-state index contributed by atoms with van der Waals surface area (Å²) in [5, 5.41) is 11.0. The van der Waals surface area contributed by atoms with Crippen LogP contribution in [0.2, 0.25) is 0 Å². The molecule has 27 heavy (non-hydrogen) atoms. The molecule has 2 aromatic rings. The highest BCUT2D eigenvalue weighted by Gasteiger charge is 2.29. The van der Waals surface area contributed by atoms with Crippen molar-refractivity contribution < 1.29 is 23.2 Å². The molecule has 0 unspecified atom stereocenters. The molecule has 3 rings (SSSR count). The number of halogens is 2. The lowest BCUT2D eigenvalue weighted by molar-refractivity contribution is -0.384. The Morgan fingerprint density at radius 1 is 1.15 bits per heavy atom. The Labute approximate surface area is 155 Å². The van der Waals surface area contributed by atoms with Crippen LogP contribution in [0.25, 0.3) is 0 Å². The van der Waals surface area contributed by atoms with Crippen molar-refractivity contribution in [3.8, 4) is 11.5 Å². The molecule has 1 fully saturated rings. The first kappa shape index (κ1) is 19.0. The number of benzene rings is 2. The zero-order chi connectivity index (χ0) is 19.4. The molecule has 0 atom stereocenters. The zero-order valence-corrected chi connectivity index (χ0v) is 14.8. The van der Waals surface area contributed by atoms with Gasteiger partial charge < -0.3 is 9.47 Å². The Morgan fingerprint density at radius 3 is 2.44 bits per heavy atom. The van der Waals surface area contributed by atoms with Gasteiger partial charge in [0.1, 0.15) is 0 Å². The van der Waals surface area contributed by atoms with Gasteiger partial charge in [0, 0.05) is 31.3 Å². The first-order valence-electron chi connectivity index (χ1n) is 8.55. The molecule has 8 heteroatoms. The van der Waals surface area contributed by atoms with E-state index in [1.807, 2.05) is 6.07 Å². The molecule has 1 aliphatic carbocycles. The second-order valence-corrected chi connectivity index (χ2v) is 6.43. The van der Waals surface area contributed by atoms with Crippen molar-refractivity contribution in [2.24, 2.45) is 0 Å². The maximum atomic E-state index is 12.6. The minimum atomic E-state index is -2.93. The summed E-state index contributed by atoms with van der Waals surface area (Å²) in [4.78, 5) is 12.7. The Bertz CT molecular complexity index is 812. The molecular weight excluding hydrogens is 358 g/mol. The minimum Gasteiger partial charge on any atom is -0.493 e. The Balaban J connectivity index is 1.77. The molecule has 2 aromatic carbocycles. The summed E-state index contributed by atoms with van der Waals surface area (Å²) in [6.45, 7) is -1.86. The van der Waals surface area contributed by atoms with E-state index in [-0.39, 0.29) is 17.2 Å². The average molecular weight is 378 g/mol. The van der Waals surface area contributed by atoms with E-state index in [0.29, 0.717) is 19.1 Å².